The average molecular weight is 228 g/mol. The summed E-state index contributed by atoms with van der Waals surface area (Å²) < 4.78 is 4.51. The highest BCUT2D eigenvalue weighted by atomic mass is 16.5. The topological polar surface area (TPSA) is 67.4 Å². The van der Waals surface area contributed by atoms with Gasteiger partial charge in [0, 0.05) is 13.0 Å². The lowest BCUT2D eigenvalue weighted by molar-refractivity contribution is -0.140. The van der Waals surface area contributed by atoms with Gasteiger partial charge in [-0.05, 0) is 25.8 Å². The maximum Gasteiger partial charge on any atom is 0.305 e. The molecule has 5 heteroatoms. The van der Waals surface area contributed by atoms with E-state index < -0.39 is 0 Å². The number of amides is 1. The summed E-state index contributed by atoms with van der Waals surface area (Å²) in [5, 5.41) is 6.00. The normalized spacial score (nSPS) is 20.2. The number of hydrogen-bond donors (Lipinski definition) is 2. The quantitative estimate of drug-likeness (QED) is 0.521. The van der Waals surface area contributed by atoms with Crippen LogP contribution >= 0.6 is 0 Å². The summed E-state index contributed by atoms with van der Waals surface area (Å²) in [6.45, 7) is 1.45. The minimum Gasteiger partial charge on any atom is -0.469 e. The van der Waals surface area contributed by atoms with E-state index in [0.29, 0.717) is 19.4 Å². The molecule has 0 radical (unpaired) electrons. The van der Waals surface area contributed by atoms with Crippen LogP contribution in [0.25, 0.3) is 0 Å². The minimum atomic E-state index is -0.231. The molecule has 0 aliphatic carbocycles. The lowest BCUT2D eigenvalue weighted by Crippen LogP contribution is -2.46. The molecule has 1 atom stereocenters. The third-order valence-corrected chi connectivity index (χ3v) is 2.71. The van der Waals surface area contributed by atoms with E-state index in [2.05, 4.69) is 15.4 Å². The fourth-order valence-corrected chi connectivity index (χ4v) is 1.75. The molecule has 0 aromatic heterocycles. The van der Waals surface area contributed by atoms with Crippen molar-refractivity contribution >= 4 is 11.9 Å². The van der Waals surface area contributed by atoms with Crippen LogP contribution in [0.1, 0.15) is 32.1 Å². The van der Waals surface area contributed by atoms with Crippen molar-refractivity contribution in [2.75, 3.05) is 20.2 Å². The van der Waals surface area contributed by atoms with Gasteiger partial charge in [0.15, 0.2) is 0 Å². The number of hydrogen-bond acceptors (Lipinski definition) is 4. The molecule has 1 fully saturated rings. The van der Waals surface area contributed by atoms with Crippen LogP contribution in [-0.4, -0.2) is 38.1 Å². The summed E-state index contributed by atoms with van der Waals surface area (Å²) in [6.07, 6.45) is 4.14. The molecule has 2 N–H and O–H groups in total. The molecular formula is C11H20N2O3. The Kier molecular flexibility index (Phi) is 5.85. The van der Waals surface area contributed by atoms with E-state index in [0.717, 1.165) is 25.8 Å². The number of rotatable bonds is 5. The van der Waals surface area contributed by atoms with Crippen LogP contribution in [-0.2, 0) is 14.3 Å². The summed E-state index contributed by atoms with van der Waals surface area (Å²) in [5.41, 5.74) is 0. The highest BCUT2D eigenvalue weighted by Crippen LogP contribution is 2.06. The SMILES string of the molecule is COC(=O)CCCNC(=O)[C@@H]1CCCCN1. The van der Waals surface area contributed by atoms with Crippen LogP contribution in [0.4, 0.5) is 0 Å². The molecular weight excluding hydrogens is 208 g/mol. The Bertz CT molecular complexity index is 237. The highest BCUT2D eigenvalue weighted by molar-refractivity contribution is 5.81. The van der Waals surface area contributed by atoms with Crippen molar-refractivity contribution < 1.29 is 14.3 Å². The largest absolute Gasteiger partial charge is 0.469 e. The van der Waals surface area contributed by atoms with Gasteiger partial charge in [0.1, 0.15) is 0 Å². The van der Waals surface area contributed by atoms with E-state index in [9.17, 15) is 9.59 Å². The van der Waals surface area contributed by atoms with Gasteiger partial charge in [-0.3, -0.25) is 9.59 Å². The third kappa shape index (κ3) is 4.61. The van der Waals surface area contributed by atoms with Gasteiger partial charge in [-0.15, -0.1) is 0 Å². The first kappa shape index (κ1) is 13.0. The zero-order valence-corrected chi connectivity index (χ0v) is 9.75. The average Bonchev–Trinajstić information content (AvgIpc) is 2.35. The summed E-state index contributed by atoms with van der Waals surface area (Å²) in [5.74, 6) is -0.186. The van der Waals surface area contributed by atoms with Gasteiger partial charge in [0.25, 0.3) is 0 Å². The van der Waals surface area contributed by atoms with E-state index in [1.165, 1.54) is 7.11 Å². The van der Waals surface area contributed by atoms with E-state index in [-0.39, 0.29) is 17.9 Å². The molecule has 1 aliphatic heterocycles. The summed E-state index contributed by atoms with van der Waals surface area (Å²) in [6, 6.07) is -0.0492. The van der Waals surface area contributed by atoms with Crippen LogP contribution in [0.3, 0.4) is 0 Å². The molecule has 92 valence electrons. The Morgan fingerprint density at radius 1 is 1.44 bits per heavy atom. The Labute approximate surface area is 95.9 Å². The standard InChI is InChI=1S/C11H20N2O3/c1-16-10(14)6-4-8-13-11(15)9-5-2-3-7-12-9/h9,12H,2-8H2,1H3,(H,13,15)/t9-/m0/s1. The second-order valence-corrected chi connectivity index (χ2v) is 3.97. The van der Waals surface area contributed by atoms with Gasteiger partial charge in [-0.25, -0.2) is 0 Å². The molecule has 0 saturated carbocycles. The lowest BCUT2D eigenvalue weighted by atomic mass is 10.0. The van der Waals surface area contributed by atoms with Crippen LogP contribution < -0.4 is 10.6 Å². The third-order valence-electron chi connectivity index (χ3n) is 2.71. The number of nitrogens with one attached hydrogen (secondary N) is 2. The monoisotopic (exact) mass is 228 g/mol. The van der Waals surface area contributed by atoms with Gasteiger partial charge < -0.3 is 15.4 Å². The predicted octanol–water partition coefficient (Wildman–Crippen LogP) is 0.198. The van der Waals surface area contributed by atoms with E-state index in [1.807, 2.05) is 0 Å². The summed E-state index contributed by atoms with van der Waals surface area (Å²) in [7, 11) is 1.37. The Balaban J connectivity index is 2.07. The van der Waals surface area contributed by atoms with Crippen LogP contribution in [0.15, 0.2) is 0 Å². The summed E-state index contributed by atoms with van der Waals surface area (Å²) in [4.78, 5) is 22.4. The molecule has 1 amide bonds. The number of piperidine rings is 1. The number of methoxy groups -OCH3 is 1. The van der Waals surface area contributed by atoms with Crippen molar-refractivity contribution in [3.8, 4) is 0 Å². The van der Waals surface area contributed by atoms with Crippen molar-refractivity contribution in [1.29, 1.82) is 0 Å². The van der Waals surface area contributed by atoms with Gasteiger partial charge in [0.05, 0.1) is 13.2 Å². The maximum absolute atomic E-state index is 11.6. The van der Waals surface area contributed by atoms with Crippen LogP contribution in [0.2, 0.25) is 0 Å². The molecule has 5 nitrogen and oxygen atoms in total. The molecule has 16 heavy (non-hydrogen) atoms. The minimum absolute atomic E-state index is 0.0459. The Morgan fingerprint density at radius 3 is 2.88 bits per heavy atom. The second-order valence-electron chi connectivity index (χ2n) is 3.97. The molecule has 0 bridgehead atoms. The molecule has 0 aromatic carbocycles. The molecule has 1 rings (SSSR count). The van der Waals surface area contributed by atoms with Gasteiger partial charge >= 0.3 is 5.97 Å². The first-order valence-electron chi connectivity index (χ1n) is 5.82. The Hall–Kier alpha value is -1.10. The van der Waals surface area contributed by atoms with Gasteiger partial charge in [-0.2, -0.15) is 0 Å². The van der Waals surface area contributed by atoms with Crippen molar-refractivity contribution in [2.45, 2.75) is 38.1 Å². The van der Waals surface area contributed by atoms with Crippen LogP contribution in [0, 0.1) is 0 Å². The van der Waals surface area contributed by atoms with E-state index >= 15 is 0 Å². The van der Waals surface area contributed by atoms with Gasteiger partial charge in [-0.1, -0.05) is 6.42 Å². The molecule has 0 spiro atoms. The zero-order chi connectivity index (χ0) is 11.8. The predicted molar refractivity (Wildman–Crippen MR) is 59.9 cm³/mol. The second kappa shape index (κ2) is 7.22. The lowest BCUT2D eigenvalue weighted by Gasteiger charge is -2.22. The first-order valence-corrected chi connectivity index (χ1v) is 5.82. The maximum atomic E-state index is 11.6. The van der Waals surface area contributed by atoms with Crippen LogP contribution in [0.5, 0.6) is 0 Å². The van der Waals surface area contributed by atoms with Crippen molar-refractivity contribution in [2.24, 2.45) is 0 Å². The first-order chi connectivity index (χ1) is 7.74. The number of carbonyl (C=O) groups excluding carboxylic acids is 2. The van der Waals surface area contributed by atoms with Crippen molar-refractivity contribution in [3.05, 3.63) is 0 Å². The molecule has 1 heterocycles. The smallest absolute Gasteiger partial charge is 0.305 e. The van der Waals surface area contributed by atoms with E-state index in [4.69, 9.17) is 0 Å². The zero-order valence-electron chi connectivity index (χ0n) is 9.75. The number of ether oxygens (including phenoxy) is 1. The van der Waals surface area contributed by atoms with Gasteiger partial charge in [0.2, 0.25) is 5.91 Å². The number of esters is 1. The fraction of sp³-hybridized carbons (Fsp3) is 0.818. The Morgan fingerprint density at radius 2 is 2.25 bits per heavy atom. The molecule has 1 saturated heterocycles. The van der Waals surface area contributed by atoms with Crippen molar-refractivity contribution in [1.82, 2.24) is 10.6 Å². The fourth-order valence-electron chi connectivity index (χ4n) is 1.75. The molecule has 0 aromatic rings. The number of carbonyl (C=O) groups is 2. The van der Waals surface area contributed by atoms with Crippen molar-refractivity contribution in [3.63, 3.8) is 0 Å². The summed E-state index contributed by atoms with van der Waals surface area (Å²) >= 11 is 0. The molecule has 1 aliphatic rings. The molecule has 0 unspecified atom stereocenters. The highest BCUT2D eigenvalue weighted by Gasteiger charge is 2.19. The van der Waals surface area contributed by atoms with E-state index in [1.54, 1.807) is 0 Å².